The van der Waals surface area contributed by atoms with Crippen LogP contribution in [0.1, 0.15) is 39.0 Å². The number of ether oxygens (including phenoxy) is 1. The summed E-state index contributed by atoms with van der Waals surface area (Å²) in [7, 11) is 1.71. The Morgan fingerprint density at radius 1 is 1.11 bits per heavy atom. The van der Waals surface area contributed by atoms with Crippen LogP contribution in [0.3, 0.4) is 0 Å². The second-order valence-corrected chi connectivity index (χ2v) is 7.89. The van der Waals surface area contributed by atoms with Crippen LogP contribution in [0.4, 0.5) is 11.6 Å². The molecule has 1 unspecified atom stereocenters. The van der Waals surface area contributed by atoms with Crippen LogP contribution in [0.25, 0.3) is 11.3 Å². The van der Waals surface area contributed by atoms with E-state index in [1.54, 1.807) is 7.11 Å². The second kappa shape index (κ2) is 9.00. The molecule has 4 heterocycles. The zero-order valence-corrected chi connectivity index (χ0v) is 16.9. The zero-order chi connectivity index (χ0) is 19.3. The van der Waals surface area contributed by atoms with E-state index in [-0.39, 0.29) is 0 Å². The molecule has 1 N–H and O–H groups in total. The lowest BCUT2D eigenvalue weighted by Gasteiger charge is -2.39. The Kier molecular flexibility index (Phi) is 6.21. The fourth-order valence-corrected chi connectivity index (χ4v) is 4.43. The predicted octanol–water partition coefficient (Wildman–Crippen LogP) is 2.16. The Hall–Kier alpha value is -2.00. The van der Waals surface area contributed by atoms with Crippen LogP contribution in [0.2, 0.25) is 0 Å². The monoisotopic (exact) mass is 389 g/mol. The van der Waals surface area contributed by atoms with Gasteiger partial charge in [-0.05, 0) is 68.3 Å². The molecule has 4 rings (SSSR count). The molecule has 2 aromatic heterocycles. The van der Waals surface area contributed by atoms with Crippen molar-refractivity contribution in [3.05, 3.63) is 0 Å². The average Bonchev–Trinajstić information content (AvgIpc) is 3.42. The number of methoxy groups -OCH3 is 1. The maximum atomic E-state index is 5.13. The minimum absolute atomic E-state index is 0.440. The SMILES string of the molecule is COCCCNc1nc2nonc2nc1N1CCC(C(C)N2CCCC2)CC1. The van der Waals surface area contributed by atoms with Crippen molar-refractivity contribution in [1.29, 1.82) is 0 Å². The third-order valence-electron chi connectivity index (χ3n) is 6.15. The summed E-state index contributed by atoms with van der Waals surface area (Å²) in [5, 5.41) is 11.1. The Morgan fingerprint density at radius 2 is 1.82 bits per heavy atom. The van der Waals surface area contributed by atoms with Crippen molar-refractivity contribution in [2.24, 2.45) is 5.92 Å². The molecule has 0 amide bonds. The van der Waals surface area contributed by atoms with E-state index in [9.17, 15) is 0 Å². The van der Waals surface area contributed by atoms with Gasteiger partial charge in [0, 0.05) is 39.4 Å². The third-order valence-corrected chi connectivity index (χ3v) is 6.15. The quantitative estimate of drug-likeness (QED) is 0.682. The Labute approximate surface area is 165 Å². The minimum atomic E-state index is 0.440. The molecular formula is C19H31N7O2. The van der Waals surface area contributed by atoms with Gasteiger partial charge in [-0.2, -0.15) is 0 Å². The number of nitrogens with one attached hydrogen (secondary N) is 1. The molecule has 2 saturated heterocycles. The number of rotatable bonds is 8. The molecule has 0 aromatic carbocycles. The van der Waals surface area contributed by atoms with Crippen molar-refractivity contribution in [2.45, 2.75) is 45.1 Å². The van der Waals surface area contributed by atoms with Gasteiger partial charge in [0.25, 0.3) is 0 Å². The van der Waals surface area contributed by atoms with Gasteiger partial charge in [-0.3, -0.25) is 0 Å². The molecule has 0 radical (unpaired) electrons. The fourth-order valence-electron chi connectivity index (χ4n) is 4.43. The summed E-state index contributed by atoms with van der Waals surface area (Å²) in [6.07, 6.45) is 5.96. The van der Waals surface area contributed by atoms with E-state index in [2.05, 4.69) is 37.3 Å². The zero-order valence-electron chi connectivity index (χ0n) is 16.9. The highest BCUT2D eigenvalue weighted by molar-refractivity contribution is 5.74. The molecule has 2 aliphatic rings. The van der Waals surface area contributed by atoms with Crippen LogP contribution < -0.4 is 10.2 Å². The van der Waals surface area contributed by atoms with Crippen molar-refractivity contribution < 1.29 is 9.37 Å². The maximum absolute atomic E-state index is 5.13. The summed E-state index contributed by atoms with van der Waals surface area (Å²) in [5.74, 6) is 2.36. The number of aromatic nitrogens is 4. The number of hydrogen-bond donors (Lipinski definition) is 1. The van der Waals surface area contributed by atoms with Gasteiger partial charge in [0.1, 0.15) is 0 Å². The Morgan fingerprint density at radius 3 is 2.54 bits per heavy atom. The first kappa shape index (κ1) is 19.3. The van der Waals surface area contributed by atoms with Crippen LogP contribution in [0.5, 0.6) is 0 Å². The van der Waals surface area contributed by atoms with Gasteiger partial charge in [0.05, 0.1) is 0 Å². The summed E-state index contributed by atoms with van der Waals surface area (Å²) in [6, 6.07) is 0.671. The lowest BCUT2D eigenvalue weighted by molar-refractivity contribution is 0.167. The van der Waals surface area contributed by atoms with Crippen molar-refractivity contribution in [1.82, 2.24) is 25.2 Å². The Bertz CT molecular complexity index is 754. The van der Waals surface area contributed by atoms with Gasteiger partial charge in [-0.1, -0.05) is 0 Å². The van der Waals surface area contributed by atoms with Gasteiger partial charge in [-0.15, -0.1) is 0 Å². The van der Waals surface area contributed by atoms with Gasteiger partial charge in [0.15, 0.2) is 11.6 Å². The first-order valence-electron chi connectivity index (χ1n) is 10.5. The number of anilines is 2. The normalized spacial score (nSPS) is 20.1. The molecular weight excluding hydrogens is 358 g/mol. The predicted molar refractivity (Wildman–Crippen MR) is 108 cm³/mol. The number of likely N-dealkylation sites (tertiary alicyclic amines) is 1. The first-order chi connectivity index (χ1) is 13.8. The van der Waals surface area contributed by atoms with Crippen LogP contribution in [0, 0.1) is 5.92 Å². The molecule has 9 heteroatoms. The molecule has 2 aromatic rings. The maximum Gasteiger partial charge on any atom is 0.245 e. The fraction of sp³-hybridized carbons (Fsp3) is 0.789. The summed E-state index contributed by atoms with van der Waals surface area (Å²) in [4.78, 5) is 14.3. The van der Waals surface area contributed by atoms with Gasteiger partial charge in [-0.25, -0.2) is 14.6 Å². The summed E-state index contributed by atoms with van der Waals surface area (Å²) >= 11 is 0. The second-order valence-electron chi connectivity index (χ2n) is 7.89. The van der Waals surface area contributed by atoms with Gasteiger partial charge in [0.2, 0.25) is 11.3 Å². The number of nitrogens with zero attached hydrogens (tertiary/aromatic N) is 6. The van der Waals surface area contributed by atoms with E-state index in [1.807, 2.05) is 0 Å². The summed E-state index contributed by atoms with van der Waals surface area (Å²) in [6.45, 7) is 8.39. The van der Waals surface area contributed by atoms with E-state index in [0.717, 1.165) is 43.6 Å². The lowest BCUT2D eigenvalue weighted by Crippen LogP contribution is -2.43. The number of piperidine rings is 1. The van der Waals surface area contributed by atoms with E-state index in [1.165, 1.54) is 38.8 Å². The molecule has 2 aliphatic heterocycles. The van der Waals surface area contributed by atoms with Gasteiger partial charge < -0.3 is 19.9 Å². The number of hydrogen-bond acceptors (Lipinski definition) is 9. The van der Waals surface area contributed by atoms with Crippen LogP contribution >= 0.6 is 0 Å². The van der Waals surface area contributed by atoms with Crippen LogP contribution in [0.15, 0.2) is 4.63 Å². The van der Waals surface area contributed by atoms with E-state index >= 15 is 0 Å². The van der Waals surface area contributed by atoms with E-state index < -0.39 is 0 Å². The topological polar surface area (TPSA) is 92.4 Å². The van der Waals surface area contributed by atoms with Crippen LogP contribution in [-0.4, -0.2) is 77.7 Å². The molecule has 1 atom stereocenters. The first-order valence-corrected chi connectivity index (χ1v) is 10.5. The lowest BCUT2D eigenvalue weighted by atomic mass is 9.89. The Balaban J connectivity index is 1.44. The van der Waals surface area contributed by atoms with E-state index in [0.29, 0.717) is 23.9 Å². The smallest absolute Gasteiger partial charge is 0.245 e. The summed E-state index contributed by atoms with van der Waals surface area (Å²) < 4.78 is 9.95. The van der Waals surface area contributed by atoms with Crippen molar-refractivity contribution >= 4 is 22.9 Å². The highest BCUT2D eigenvalue weighted by Gasteiger charge is 2.30. The van der Waals surface area contributed by atoms with Crippen LogP contribution in [-0.2, 0) is 4.74 Å². The van der Waals surface area contributed by atoms with Gasteiger partial charge >= 0.3 is 0 Å². The minimum Gasteiger partial charge on any atom is -0.385 e. The molecule has 154 valence electrons. The standard InChI is InChI=1S/C19H31N7O2/c1-14(25-9-3-4-10-25)15-6-11-26(12-7-15)19-18(20-8-5-13-27-2)21-16-17(22-19)24-28-23-16/h14-15H,3-13H2,1-2H3,(H,20,21,23). The van der Waals surface area contributed by atoms with Crippen molar-refractivity contribution in [2.75, 3.05) is 56.7 Å². The highest BCUT2D eigenvalue weighted by atomic mass is 16.6. The largest absolute Gasteiger partial charge is 0.385 e. The van der Waals surface area contributed by atoms with Crippen molar-refractivity contribution in [3.8, 4) is 0 Å². The highest BCUT2D eigenvalue weighted by Crippen LogP contribution is 2.31. The van der Waals surface area contributed by atoms with E-state index in [4.69, 9.17) is 14.3 Å². The molecule has 28 heavy (non-hydrogen) atoms. The molecule has 0 saturated carbocycles. The van der Waals surface area contributed by atoms with Crippen molar-refractivity contribution in [3.63, 3.8) is 0 Å². The number of fused-ring (bicyclic) bond motifs is 1. The average molecular weight is 390 g/mol. The molecule has 2 fully saturated rings. The summed E-state index contributed by atoms with van der Waals surface area (Å²) in [5.41, 5.74) is 0.903. The molecule has 9 nitrogen and oxygen atoms in total. The molecule has 0 bridgehead atoms. The molecule has 0 aliphatic carbocycles. The molecule has 0 spiro atoms. The third kappa shape index (κ3) is 4.20.